The molecule has 0 spiro atoms. The van der Waals surface area contributed by atoms with Crippen molar-refractivity contribution in [3.8, 4) is 5.75 Å². The minimum Gasteiger partial charge on any atom is -0.493 e. The third-order valence-electron chi connectivity index (χ3n) is 4.07. The van der Waals surface area contributed by atoms with Crippen LogP contribution in [0.5, 0.6) is 5.75 Å². The van der Waals surface area contributed by atoms with Crippen LogP contribution in [0, 0.1) is 5.92 Å². The Morgan fingerprint density at radius 1 is 1.47 bits per heavy atom. The van der Waals surface area contributed by atoms with Crippen LogP contribution in [0.15, 0.2) is 18.2 Å². The highest BCUT2D eigenvalue weighted by atomic mass is 16.5. The molecule has 1 aliphatic carbocycles. The maximum atomic E-state index is 12.2. The first kappa shape index (κ1) is 12.5. The van der Waals surface area contributed by atoms with E-state index >= 15 is 0 Å². The van der Waals surface area contributed by atoms with E-state index in [0.717, 1.165) is 31.6 Å². The van der Waals surface area contributed by atoms with Gasteiger partial charge in [0.15, 0.2) is 0 Å². The lowest BCUT2D eigenvalue weighted by atomic mass is 9.80. The van der Waals surface area contributed by atoms with Crippen LogP contribution in [0.3, 0.4) is 0 Å². The summed E-state index contributed by atoms with van der Waals surface area (Å²) in [5, 5.41) is 0. The first-order valence-corrected chi connectivity index (χ1v) is 6.88. The summed E-state index contributed by atoms with van der Waals surface area (Å²) in [4.78, 5) is 14.0. The number of nitrogens with zero attached hydrogens (tertiary/aromatic N) is 1. The molecular formula is C15H20N2O2. The second-order valence-electron chi connectivity index (χ2n) is 5.66. The van der Waals surface area contributed by atoms with Crippen LogP contribution in [0.1, 0.15) is 24.0 Å². The van der Waals surface area contributed by atoms with Gasteiger partial charge in [-0.3, -0.25) is 4.79 Å². The molecule has 4 nitrogen and oxygen atoms in total. The van der Waals surface area contributed by atoms with Gasteiger partial charge in [0, 0.05) is 32.0 Å². The van der Waals surface area contributed by atoms with Gasteiger partial charge in [-0.1, -0.05) is 12.1 Å². The molecule has 0 radical (unpaired) electrons. The highest BCUT2D eigenvalue weighted by molar-refractivity contribution is 5.79. The van der Waals surface area contributed by atoms with E-state index in [2.05, 4.69) is 6.07 Å². The average Bonchev–Trinajstić information content (AvgIpc) is 2.81. The molecule has 0 saturated heterocycles. The van der Waals surface area contributed by atoms with Crippen molar-refractivity contribution in [2.24, 2.45) is 11.7 Å². The van der Waals surface area contributed by atoms with E-state index < -0.39 is 0 Å². The first-order chi connectivity index (χ1) is 9.13. The van der Waals surface area contributed by atoms with E-state index in [0.29, 0.717) is 6.54 Å². The first-order valence-electron chi connectivity index (χ1n) is 6.88. The van der Waals surface area contributed by atoms with E-state index in [1.807, 2.05) is 24.1 Å². The van der Waals surface area contributed by atoms with Crippen molar-refractivity contribution in [1.29, 1.82) is 0 Å². The summed E-state index contributed by atoms with van der Waals surface area (Å²) in [6, 6.07) is 6.42. The lowest BCUT2D eigenvalue weighted by Gasteiger charge is -2.34. The van der Waals surface area contributed by atoms with E-state index in [-0.39, 0.29) is 17.9 Å². The van der Waals surface area contributed by atoms with E-state index in [9.17, 15) is 4.79 Å². The van der Waals surface area contributed by atoms with Crippen LogP contribution in [0.25, 0.3) is 0 Å². The van der Waals surface area contributed by atoms with E-state index in [1.165, 1.54) is 11.1 Å². The highest BCUT2D eigenvalue weighted by Crippen LogP contribution is 2.29. The summed E-state index contributed by atoms with van der Waals surface area (Å²) in [5.41, 5.74) is 8.16. The Hall–Kier alpha value is -1.55. The van der Waals surface area contributed by atoms with Crippen molar-refractivity contribution in [2.75, 3.05) is 13.7 Å². The van der Waals surface area contributed by atoms with Crippen LogP contribution >= 0.6 is 0 Å². The van der Waals surface area contributed by atoms with Gasteiger partial charge >= 0.3 is 0 Å². The molecule has 1 heterocycles. The highest BCUT2D eigenvalue weighted by Gasteiger charge is 2.33. The zero-order valence-electron chi connectivity index (χ0n) is 11.3. The van der Waals surface area contributed by atoms with Gasteiger partial charge in [-0.2, -0.15) is 0 Å². The van der Waals surface area contributed by atoms with Crippen LogP contribution in [-0.2, 0) is 17.8 Å². The summed E-state index contributed by atoms with van der Waals surface area (Å²) in [6.45, 7) is 1.44. The van der Waals surface area contributed by atoms with Crippen molar-refractivity contribution in [3.63, 3.8) is 0 Å². The van der Waals surface area contributed by atoms with Gasteiger partial charge in [0.05, 0.1) is 6.61 Å². The number of rotatable bonds is 3. The number of carbonyl (C=O) groups excluding carboxylic acids is 1. The molecule has 1 saturated carbocycles. The number of hydrogen-bond acceptors (Lipinski definition) is 3. The standard InChI is InChI=1S/C15H20N2O2/c1-17(15(18)12-7-13(16)8-12)9-10-2-3-14-11(6-10)4-5-19-14/h2-3,6,12-13H,4-5,7-9,16H2,1H3. The zero-order chi connectivity index (χ0) is 13.4. The molecule has 1 aromatic rings. The third kappa shape index (κ3) is 2.45. The fraction of sp³-hybridized carbons (Fsp3) is 0.533. The average molecular weight is 260 g/mol. The minimum absolute atomic E-state index is 0.137. The van der Waals surface area contributed by atoms with Gasteiger partial charge in [-0.25, -0.2) is 0 Å². The molecule has 0 aromatic heterocycles. The molecule has 2 N–H and O–H groups in total. The Bertz CT molecular complexity index is 495. The minimum atomic E-state index is 0.137. The van der Waals surface area contributed by atoms with Crippen LogP contribution in [-0.4, -0.2) is 30.5 Å². The Morgan fingerprint density at radius 2 is 2.26 bits per heavy atom. The zero-order valence-corrected chi connectivity index (χ0v) is 11.3. The Labute approximate surface area is 113 Å². The molecular weight excluding hydrogens is 240 g/mol. The molecule has 0 unspecified atom stereocenters. The summed E-state index contributed by atoms with van der Waals surface area (Å²) in [5.74, 6) is 1.35. The molecule has 1 aliphatic heterocycles. The van der Waals surface area contributed by atoms with Crippen LogP contribution < -0.4 is 10.5 Å². The van der Waals surface area contributed by atoms with Crippen LogP contribution in [0.4, 0.5) is 0 Å². The number of benzene rings is 1. The largest absolute Gasteiger partial charge is 0.493 e. The van der Waals surface area contributed by atoms with Gasteiger partial charge in [-0.15, -0.1) is 0 Å². The molecule has 19 heavy (non-hydrogen) atoms. The summed E-state index contributed by atoms with van der Waals surface area (Å²) in [7, 11) is 1.87. The molecule has 102 valence electrons. The van der Waals surface area contributed by atoms with E-state index in [1.54, 1.807) is 0 Å². The quantitative estimate of drug-likeness (QED) is 0.891. The van der Waals surface area contributed by atoms with Gasteiger partial charge in [-0.05, 0) is 30.0 Å². The molecule has 2 aliphatic rings. The fourth-order valence-electron chi connectivity index (χ4n) is 2.87. The van der Waals surface area contributed by atoms with Gasteiger partial charge in [0.2, 0.25) is 5.91 Å². The number of amides is 1. The second-order valence-corrected chi connectivity index (χ2v) is 5.66. The summed E-state index contributed by atoms with van der Waals surface area (Å²) in [6.07, 6.45) is 2.64. The predicted molar refractivity (Wildman–Crippen MR) is 72.8 cm³/mol. The van der Waals surface area contributed by atoms with Crippen molar-refractivity contribution in [3.05, 3.63) is 29.3 Å². The van der Waals surface area contributed by atoms with Crippen LogP contribution in [0.2, 0.25) is 0 Å². The monoisotopic (exact) mass is 260 g/mol. The third-order valence-corrected chi connectivity index (χ3v) is 4.07. The van der Waals surface area contributed by atoms with Crippen molar-refractivity contribution in [1.82, 2.24) is 4.90 Å². The molecule has 0 bridgehead atoms. The van der Waals surface area contributed by atoms with Gasteiger partial charge < -0.3 is 15.4 Å². The Balaban J connectivity index is 1.63. The lowest BCUT2D eigenvalue weighted by molar-refractivity contribution is -0.137. The second kappa shape index (κ2) is 4.85. The number of ether oxygens (including phenoxy) is 1. The SMILES string of the molecule is CN(Cc1ccc2c(c1)CCO2)C(=O)C1CC(N)C1. The number of carbonyl (C=O) groups is 1. The maximum absolute atomic E-state index is 12.2. The van der Waals surface area contributed by atoms with Crippen molar-refractivity contribution >= 4 is 5.91 Å². The molecule has 1 amide bonds. The molecule has 1 aromatic carbocycles. The lowest BCUT2D eigenvalue weighted by Crippen LogP contribution is -2.45. The predicted octanol–water partition coefficient (Wildman–Crippen LogP) is 1.32. The number of nitrogens with two attached hydrogens (primary N) is 1. The molecule has 1 fully saturated rings. The normalized spacial score (nSPS) is 24.3. The smallest absolute Gasteiger partial charge is 0.225 e. The van der Waals surface area contributed by atoms with Gasteiger partial charge in [0.25, 0.3) is 0 Å². The summed E-state index contributed by atoms with van der Waals surface area (Å²) < 4.78 is 5.49. The molecule has 0 atom stereocenters. The summed E-state index contributed by atoms with van der Waals surface area (Å²) >= 11 is 0. The van der Waals surface area contributed by atoms with Crippen molar-refractivity contribution in [2.45, 2.75) is 31.8 Å². The molecule has 3 rings (SSSR count). The molecule has 4 heteroatoms. The Kier molecular flexibility index (Phi) is 3.19. The van der Waals surface area contributed by atoms with Gasteiger partial charge in [0.1, 0.15) is 5.75 Å². The number of hydrogen-bond donors (Lipinski definition) is 1. The van der Waals surface area contributed by atoms with Crippen molar-refractivity contribution < 1.29 is 9.53 Å². The number of fused-ring (bicyclic) bond motifs is 1. The Morgan fingerprint density at radius 3 is 3.00 bits per heavy atom. The maximum Gasteiger partial charge on any atom is 0.225 e. The fourth-order valence-corrected chi connectivity index (χ4v) is 2.87. The topological polar surface area (TPSA) is 55.6 Å². The van der Waals surface area contributed by atoms with E-state index in [4.69, 9.17) is 10.5 Å².